The summed E-state index contributed by atoms with van der Waals surface area (Å²) >= 11 is 0. The van der Waals surface area contributed by atoms with Gasteiger partial charge in [0.25, 0.3) is 0 Å². The maximum Gasteiger partial charge on any atom is 0.127 e. The van der Waals surface area contributed by atoms with Crippen LogP contribution in [-0.2, 0) is 0 Å². The molecule has 1 heterocycles. The fourth-order valence-corrected chi connectivity index (χ4v) is 2.98. The van der Waals surface area contributed by atoms with E-state index in [-0.39, 0.29) is 11.5 Å². The van der Waals surface area contributed by atoms with E-state index in [1.165, 1.54) is 12.8 Å². The predicted molar refractivity (Wildman–Crippen MR) is 99.4 cm³/mol. The van der Waals surface area contributed by atoms with Crippen LogP contribution in [0.5, 0.6) is 11.5 Å². The Hall–Kier alpha value is -2.29. The van der Waals surface area contributed by atoms with Gasteiger partial charge in [0.2, 0.25) is 0 Å². The van der Waals surface area contributed by atoms with E-state index in [1.807, 2.05) is 32.9 Å². The van der Waals surface area contributed by atoms with Crippen LogP contribution in [-0.4, -0.2) is 15.2 Å². The van der Waals surface area contributed by atoms with Crippen LogP contribution in [0.4, 0.5) is 0 Å². The van der Waals surface area contributed by atoms with Crippen molar-refractivity contribution in [3.8, 4) is 11.5 Å². The molecule has 1 aromatic carbocycles. The number of phenolic OH excluding ortho intramolecular Hbond substituents is 2. The number of nitrogens with zero attached hydrogens (tertiary/aromatic N) is 1. The average Bonchev–Trinajstić information content (AvgIpc) is 2.61. The number of aromatic nitrogens is 1. The molecule has 128 valence electrons. The van der Waals surface area contributed by atoms with Crippen molar-refractivity contribution in [1.82, 2.24) is 4.98 Å². The van der Waals surface area contributed by atoms with Crippen molar-refractivity contribution >= 4 is 5.57 Å². The Morgan fingerprint density at radius 1 is 1.04 bits per heavy atom. The van der Waals surface area contributed by atoms with Crippen LogP contribution in [0.2, 0.25) is 0 Å². The third kappa shape index (κ3) is 3.61. The van der Waals surface area contributed by atoms with E-state index in [9.17, 15) is 10.2 Å². The van der Waals surface area contributed by atoms with E-state index in [0.717, 1.165) is 35.1 Å². The minimum atomic E-state index is 0.244. The number of allylic oxidation sites excluding steroid dienone is 1. The molecule has 0 spiro atoms. The van der Waals surface area contributed by atoms with Gasteiger partial charge in [0.05, 0.1) is 0 Å². The number of aromatic hydroxyl groups is 2. The molecule has 0 aliphatic heterocycles. The number of pyridine rings is 1. The van der Waals surface area contributed by atoms with Crippen molar-refractivity contribution in [2.24, 2.45) is 0 Å². The van der Waals surface area contributed by atoms with Crippen molar-refractivity contribution in [3.63, 3.8) is 0 Å². The third-order valence-electron chi connectivity index (χ3n) is 4.64. The monoisotopic (exact) mass is 325 g/mol. The zero-order valence-corrected chi connectivity index (χ0v) is 15.1. The Labute approximate surface area is 144 Å². The molecule has 0 aliphatic carbocycles. The first-order valence-electron chi connectivity index (χ1n) is 8.61. The molecule has 2 rings (SSSR count). The van der Waals surface area contributed by atoms with Crippen LogP contribution in [0.3, 0.4) is 0 Å². The molecule has 0 saturated heterocycles. The van der Waals surface area contributed by atoms with Gasteiger partial charge < -0.3 is 10.2 Å². The fourth-order valence-electron chi connectivity index (χ4n) is 2.98. The Morgan fingerprint density at radius 2 is 1.75 bits per heavy atom. The fraction of sp³-hybridized carbons (Fsp3) is 0.381. The number of phenols is 2. The van der Waals surface area contributed by atoms with Gasteiger partial charge in [0.15, 0.2) is 0 Å². The molecule has 3 heteroatoms. The highest BCUT2D eigenvalue weighted by atomic mass is 16.3. The van der Waals surface area contributed by atoms with Crippen molar-refractivity contribution in [2.45, 2.75) is 53.4 Å². The Morgan fingerprint density at radius 3 is 2.38 bits per heavy atom. The number of unbranched alkanes of at least 4 members (excludes halogenated alkanes) is 3. The first kappa shape index (κ1) is 18.1. The number of hydrogen-bond acceptors (Lipinski definition) is 3. The summed E-state index contributed by atoms with van der Waals surface area (Å²) in [7, 11) is 0. The molecular formula is C21H27NO2. The van der Waals surface area contributed by atoms with Gasteiger partial charge >= 0.3 is 0 Å². The molecule has 0 bridgehead atoms. The lowest BCUT2D eigenvalue weighted by Gasteiger charge is -2.18. The highest BCUT2D eigenvalue weighted by molar-refractivity contribution is 5.86. The third-order valence-corrected chi connectivity index (χ3v) is 4.64. The molecule has 0 amide bonds. The normalized spacial score (nSPS) is 11.8. The zero-order chi connectivity index (χ0) is 17.7. The highest BCUT2D eigenvalue weighted by Crippen LogP contribution is 2.42. The van der Waals surface area contributed by atoms with Gasteiger partial charge in [0, 0.05) is 29.1 Å². The molecular weight excluding hydrogens is 298 g/mol. The second-order valence-corrected chi connectivity index (χ2v) is 6.30. The van der Waals surface area contributed by atoms with Crippen molar-refractivity contribution < 1.29 is 10.2 Å². The first-order valence-corrected chi connectivity index (χ1v) is 8.61. The summed E-state index contributed by atoms with van der Waals surface area (Å²) in [4.78, 5) is 4.21. The number of benzene rings is 1. The van der Waals surface area contributed by atoms with E-state index in [2.05, 4.69) is 18.0 Å². The molecule has 0 aliphatic rings. The maximum absolute atomic E-state index is 10.7. The molecule has 0 unspecified atom stereocenters. The first-order chi connectivity index (χ1) is 11.5. The molecule has 0 atom stereocenters. The lowest BCUT2D eigenvalue weighted by atomic mass is 9.89. The van der Waals surface area contributed by atoms with Gasteiger partial charge in [-0.25, -0.2) is 0 Å². The molecule has 24 heavy (non-hydrogen) atoms. The predicted octanol–water partition coefficient (Wildman–Crippen LogP) is 5.43. The molecule has 0 fully saturated rings. The topological polar surface area (TPSA) is 53.4 Å². The second-order valence-electron chi connectivity index (χ2n) is 6.30. The summed E-state index contributed by atoms with van der Waals surface area (Å²) in [5.74, 6) is 0.497. The SMILES string of the molecule is CCCCC/C=C(\c1cccnc1)c1c(C)c(O)c(C)c(C)c1O. The van der Waals surface area contributed by atoms with Gasteiger partial charge in [-0.3, -0.25) is 4.98 Å². The summed E-state index contributed by atoms with van der Waals surface area (Å²) in [5.41, 5.74) is 4.76. The van der Waals surface area contributed by atoms with Crippen LogP contribution >= 0.6 is 0 Å². The minimum absolute atomic E-state index is 0.244. The summed E-state index contributed by atoms with van der Waals surface area (Å²) in [5, 5.41) is 21.2. The van der Waals surface area contributed by atoms with E-state index < -0.39 is 0 Å². The van der Waals surface area contributed by atoms with Crippen molar-refractivity contribution in [2.75, 3.05) is 0 Å². The summed E-state index contributed by atoms with van der Waals surface area (Å²) in [6, 6.07) is 3.88. The highest BCUT2D eigenvalue weighted by Gasteiger charge is 2.20. The van der Waals surface area contributed by atoms with Crippen LogP contribution in [0.15, 0.2) is 30.6 Å². The average molecular weight is 325 g/mol. The standard InChI is InChI=1S/C21H27NO2/c1-5-6-7-8-11-18(17-10-9-12-22-13-17)19-16(4)20(23)14(2)15(3)21(19)24/h9-13,23-24H,5-8H2,1-4H3/b18-11+. The Kier molecular flexibility index (Phi) is 6.02. The second kappa shape index (κ2) is 8.00. The Bertz CT molecular complexity index is 704. The molecule has 3 nitrogen and oxygen atoms in total. The molecule has 2 aromatic rings. The molecule has 0 radical (unpaired) electrons. The zero-order valence-electron chi connectivity index (χ0n) is 15.1. The van der Waals surface area contributed by atoms with E-state index in [0.29, 0.717) is 11.1 Å². The lowest BCUT2D eigenvalue weighted by molar-refractivity contribution is 0.448. The van der Waals surface area contributed by atoms with E-state index >= 15 is 0 Å². The van der Waals surface area contributed by atoms with Gasteiger partial charge in [-0.1, -0.05) is 31.9 Å². The van der Waals surface area contributed by atoms with Gasteiger partial charge in [-0.15, -0.1) is 0 Å². The summed E-state index contributed by atoms with van der Waals surface area (Å²) < 4.78 is 0. The summed E-state index contributed by atoms with van der Waals surface area (Å²) in [6.07, 6.45) is 10.1. The molecule has 1 aromatic heterocycles. The Balaban J connectivity index is 2.60. The number of rotatable bonds is 6. The van der Waals surface area contributed by atoms with Crippen LogP contribution in [0, 0.1) is 20.8 Å². The smallest absolute Gasteiger partial charge is 0.127 e. The molecule has 0 saturated carbocycles. The number of hydrogen-bond donors (Lipinski definition) is 2. The van der Waals surface area contributed by atoms with Crippen LogP contribution in [0.25, 0.3) is 5.57 Å². The molecule has 2 N–H and O–H groups in total. The van der Waals surface area contributed by atoms with Gasteiger partial charge in [0.1, 0.15) is 11.5 Å². The van der Waals surface area contributed by atoms with Crippen molar-refractivity contribution in [1.29, 1.82) is 0 Å². The van der Waals surface area contributed by atoms with Crippen molar-refractivity contribution in [3.05, 3.63) is 58.4 Å². The largest absolute Gasteiger partial charge is 0.507 e. The van der Waals surface area contributed by atoms with Crippen LogP contribution in [0.1, 0.15) is 60.4 Å². The lowest BCUT2D eigenvalue weighted by Crippen LogP contribution is -1.98. The van der Waals surface area contributed by atoms with Gasteiger partial charge in [-0.2, -0.15) is 0 Å². The summed E-state index contributed by atoms with van der Waals surface area (Å²) in [6.45, 7) is 7.71. The van der Waals surface area contributed by atoms with Gasteiger partial charge in [-0.05, 0) is 56.4 Å². The maximum atomic E-state index is 10.7. The quantitative estimate of drug-likeness (QED) is 0.550. The van der Waals surface area contributed by atoms with Crippen LogP contribution < -0.4 is 0 Å². The van der Waals surface area contributed by atoms with E-state index in [1.54, 1.807) is 12.4 Å². The van der Waals surface area contributed by atoms with E-state index in [4.69, 9.17) is 0 Å². The minimum Gasteiger partial charge on any atom is -0.507 e.